The number of hydrogen-bond acceptors (Lipinski definition) is 4. The summed E-state index contributed by atoms with van der Waals surface area (Å²) in [7, 11) is 0. The highest BCUT2D eigenvalue weighted by Crippen LogP contribution is 2.32. The molecular weight excluding hydrogens is 316 g/mol. The number of hydrogen-bond donors (Lipinski definition) is 1. The number of aromatic amines is 1. The number of H-pyrrole nitrogens is 1. The summed E-state index contributed by atoms with van der Waals surface area (Å²) in [6.07, 6.45) is 10.0. The van der Waals surface area contributed by atoms with Crippen LogP contribution in [0.3, 0.4) is 0 Å². The molecule has 6 nitrogen and oxygen atoms in total. The Kier molecular flexibility index (Phi) is 4.59. The van der Waals surface area contributed by atoms with Crippen molar-refractivity contribution in [3.05, 3.63) is 35.2 Å². The van der Waals surface area contributed by atoms with Gasteiger partial charge in [-0.05, 0) is 32.6 Å². The molecule has 2 aromatic rings. The molecule has 2 aromatic heterocycles. The standard InChI is InChI=1S/C19H26N4O2/c1-13-11-20-18(21-13)15-8-5-9-23(12-15)19(24)17-10-16(22-25-17)14-6-3-2-4-7-14/h10-11,14-15H,2-9,12H2,1H3,(H,20,21)/t15-/m0/s1. The van der Waals surface area contributed by atoms with Crippen LogP contribution in [-0.4, -0.2) is 39.0 Å². The van der Waals surface area contributed by atoms with Gasteiger partial charge in [0.1, 0.15) is 5.82 Å². The summed E-state index contributed by atoms with van der Waals surface area (Å²) < 4.78 is 5.41. The van der Waals surface area contributed by atoms with Gasteiger partial charge >= 0.3 is 0 Å². The Labute approximate surface area is 148 Å². The number of aromatic nitrogens is 3. The lowest BCUT2D eigenvalue weighted by Crippen LogP contribution is -2.39. The smallest absolute Gasteiger partial charge is 0.292 e. The van der Waals surface area contributed by atoms with Crippen molar-refractivity contribution in [3.63, 3.8) is 0 Å². The van der Waals surface area contributed by atoms with E-state index in [0.29, 0.717) is 18.2 Å². The second kappa shape index (κ2) is 7.02. The second-order valence-corrected chi connectivity index (χ2v) is 7.49. The van der Waals surface area contributed by atoms with Crippen molar-refractivity contribution in [1.82, 2.24) is 20.0 Å². The predicted octanol–water partition coefficient (Wildman–Crippen LogP) is 3.77. The molecule has 1 atom stereocenters. The van der Waals surface area contributed by atoms with Gasteiger partial charge in [-0.1, -0.05) is 24.4 Å². The molecule has 1 N–H and O–H groups in total. The number of imidazole rings is 1. The summed E-state index contributed by atoms with van der Waals surface area (Å²) in [6, 6.07) is 1.87. The fraction of sp³-hybridized carbons (Fsp3) is 0.632. The molecule has 2 aliphatic rings. The Balaban J connectivity index is 1.44. The molecule has 0 bridgehead atoms. The molecular formula is C19H26N4O2. The maximum Gasteiger partial charge on any atom is 0.292 e. The van der Waals surface area contributed by atoms with Crippen molar-refractivity contribution in [2.75, 3.05) is 13.1 Å². The Bertz CT molecular complexity index is 729. The van der Waals surface area contributed by atoms with Crippen LogP contribution in [0.25, 0.3) is 0 Å². The van der Waals surface area contributed by atoms with Gasteiger partial charge in [-0.2, -0.15) is 0 Å². The first-order valence-corrected chi connectivity index (χ1v) is 9.48. The van der Waals surface area contributed by atoms with Crippen LogP contribution in [0.15, 0.2) is 16.8 Å². The summed E-state index contributed by atoms with van der Waals surface area (Å²) in [4.78, 5) is 22.5. The van der Waals surface area contributed by atoms with Gasteiger partial charge < -0.3 is 14.4 Å². The molecule has 1 saturated carbocycles. The van der Waals surface area contributed by atoms with Gasteiger partial charge in [0.2, 0.25) is 5.76 Å². The molecule has 0 aromatic carbocycles. The highest BCUT2D eigenvalue weighted by Gasteiger charge is 2.30. The van der Waals surface area contributed by atoms with E-state index < -0.39 is 0 Å². The van der Waals surface area contributed by atoms with E-state index in [1.807, 2.05) is 24.1 Å². The second-order valence-electron chi connectivity index (χ2n) is 7.49. The number of likely N-dealkylation sites (tertiary alicyclic amines) is 1. The highest BCUT2D eigenvalue weighted by molar-refractivity contribution is 5.91. The molecule has 2 fully saturated rings. The van der Waals surface area contributed by atoms with E-state index in [2.05, 4.69) is 15.1 Å². The van der Waals surface area contributed by atoms with Crippen molar-refractivity contribution in [1.29, 1.82) is 0 Å². The highest BCUT2D eigenvalue weighted by atomic mass is 16.5. The van der Waals surface area contributed by atoms with E-state index in [4.69, 9.17) is 4.52 Å². The Morgan fingerprint density at radius 3 is 2.76 bits per heavy atom. The van der Waals surface area contributed by atoms with Gasteiger partial charge in [-0.3, -0.25) is 4.79 Å². The maximum absolute atomic E-state index is 12.8. The summed E-state index contributed by atoms with van der Waals surface area (Å²) >= 11 is 0. The van der Waals surface area contributed by atoms with Crippen LogP contribution in [0.1, 0.15) is 84.5 Å². The van der Waals surface area contributed by atoms with E-state index in [1.54, 1.807) is 0 Å². The van der Waals surface area contributed by atoms with Crippen LogP contribution in [-0.2, 0) is 0 Å². The fourth-order valence-electron chi connectivity index (χ4n) is 4.16. The monoisotopic (exact) mass is 342 g/mol. The summed E-state index contributed by atoms with van der Waals surface area (Å²) in [6.45, 7) is 3.46. The third kappa shape index (κ3) is 3.48. The third-order valence-corrected chi connectivity index (χ3v) is 5.58. The molecule has 134 valence electrons. The van der Waals surface area contributed by atoms with Gasteiger partial charge in [0.15, 0.2) is 0 Å². The first kappa shape index (κ1) is 16.4. The first-order chi connectivity index (χ1) is 12.2. The molecule has 25 heavy (non-hydrogen) atoms. The lowest BCUT2D eigenvalue weighted by atomic mass is 9.87. The molecule has 4 rings (SSSR count). The average molecular weight is 342 g/mol. The average Bonchev–Trinajstić information content (AvgIpc) is 3.31. The van der Waals surface area contributed by atoms with Crippen LogP contribution < -0.4 is 0 Å². The zero-order valence-corrected chi connectivity index (χ0v) is 14.8. The number of amides is 1. The van der Waals surface area contributed by atoms with Crippen LogP contribution in [0, 0.1) is 6.92 Å². The van der Waals surface area contributed by atoms with Gasteiger partial charge in [0.05, 0.1) is 5.69 Å². The molecule has 1 aliphatic heterocycles. The summed E-state index contributed by atoms with van der Waals surface area (Å²) in [5.74, 6) is 2.06. The SMILES string of the molecule is Cc1cnc([C@H]2CCCN(C(=O)c3cc(C4CCCCC4)no3)C2)[nH]1. The van der Waals surface area contributed by atoms with Crippen molar-refractivity contribution in [3.8, 4) is 0 Å². The molecule has 0 radical (unpaired) electrons. The minimum absolute atomic E-state index is 0.0393. The molecule has 1 amide bonds. The van der Waals surface area contributed by atoms with Crippen LogP contribution in [0.2, 0.25) is 0 Å². The van der Waals surface area contributed by atoms with Gasteiger partial charge in [0, 0.05) is 42.9 Å². The minimum atomic E-state index is -0.0393. The minimum Gasteiger partial charge on any atom is -0.351 e. The lowest BCUT2D eigenvalue weighted by Gasteiger charge is -2.31. The van der Waals surface area contributed by atoms with E-state index >= 15 is 0 Å². The van der Waals surface area contributed by atoms with Crippen LogP contribution in [0.4, 0.5) is 0 Å². The number of piperidine rings is 1. The number of carbonyl (C=O) groups is 1. The first-order valence-electron chi connectivity index (χ1n) is 9.48. The van der Waals surface area contributed by atoms with Crippen molar-refractivity contribution >= 4 is 5.91 Å². The Morgan fingerprint density at radius 1 is 1.20 bits per heavy atom. The normalized spacial score (nSPS) is 22.3. The van der Waals surface area contributed by atoms with E-state index in [1.165, 1.54) is 19.3 Å². The molecule has 1 aliphatic carbocycles. The van der Waals surface area contributed by atoms with Crippen molar-refractivity contribution in [2.24, 2.45) is 0 Å². The molecule has 1 saturated heterocycles. The number of nitrogens with one attached hydrogen (secondary N) is 1. The molecule has 0 unspecified atom stereocenters. The molecule has 0 spiro atoms. The summed E-state index contributed by atoms with van der Waals surface area (Å²) in [5.41, 5.74) is 2.02. The summed E-state index contributed by atoms with van der Waals surface area (Å²) in [5, 5.41) is 4.20. The largest absolute Gasteiger partial charge is 0.351 e. The maximum atomic E-state index is 12.8. The number of nitrogens with zero attached hydrogens (tertiary/aromatic N) is 3. The van der Waals surface area contributed by atoms with E-state index in [0.717, 1.165) is 49.4 Å². The fourth-order valence-corrected chi connectivity index (χ4v) is 4.16. The Hall–Kier alpha value is -2.11. The third-order valence-electron chi connectivity index (χ3n) is 5.58. The topological polar surface area (TPSA) is 75.0 Å². The van der Waals surface area contributed by atoms with Crippen molar-refractivity contribution in [2.45, 2.75) is 63.7 Å². The van der Waals surface area contributed by atoms with E-state index in [9.17, 15) is 4.79 Å². The van der Waals surface area contributed by atoms with E-state index in [-0.39, 0.29) is 11.8 Å². The van der Waals surface area contributed by atoms with Gasteiger partial charge in [-0.25, -0.2) is 4.98 Å². The number of aryl methyl sites for hydroxylation is 1. The quantitative estimate of drug-likeness (QED) is 0.921. The molecule has 3 heterocycles. The van der Waals surface area contributed by atoms with Gasteiger partial charge in [0.25, 0.3) is 5.91 Å². The van der Waals surface area contributed by atoms with Crippen molar-refractivity contribution < 1.29 is 9.32 Å². The Morgan fingerprint density at radius 2 is 2.00 bits per heavy atom. The lowest BCUT2D eigenvalue weighted by molar-refractivity contribution is 0.0662. The number of rotatable bonds is 3. The van der Waals surface area contributed by atoms with Crippen LogP contribution >= 0.6 is 0 Å². The molecule has 6 heteroatoms. The van der Waals surface area contributed by atoms with Crippen LogP contribution in [0.5, 0.6) is 0 Å². The number of carbonyl (C=O) groups excluding carboxylic acids is 1. The predicted molar refractivity (Wildman–Crippen MR) is 93.5 cm³/mol. The van der Waals surface area contributed by atoms with Gasteiger partial charge in [-0.15, -0.1) is 0 Å². The zero-order chi connectivity index (χ0) is 17.2. The zero-order valence-electron chi connectivity index (χ0n) is 14.8.